The Morgan fingerprint density at radius 3 is 2.90 bits per heavy atom. The largest absolute Gasteiger partial charge is 0.485 e. The molecule has 0 spiro atoms. The highest BCUT2D eigenvalue weighted by atomic mass is 32.2. The predicted octanol–water partition coefficient (Wildman–Crippen LogP) is 2.33. The molecule has 158 valence electrons. The highest BCUT2D eigenvalue weighted by molar-refractivity contribution is 7.98. The van der Waals surface area contributed by atoms with Gasteiger partial charge >= 0.3 is 0 Å². The van der Waals surface area contributed by atoms with Gasteiger partial charge < -0.3 is 20.1 Å². The molecule has 30 heavy (non-hydrogen) atoms. The minimum atomic E-state index is -0.676. The van der Waals surface area contributed by atoms with Crippen LogP contribution in [0.3, 0.4) is 0 Å². The third-order valence-electron chi connectivity index (χ3n) is 4.62. The molecule has 0 saturated heterocycles. The Balaban J connectivity index is 1.40. The number of aromatic nitrogens is 4. The van der Waals surface area contributed by atoms with Crippen LogP contribution in [0.4, 0.5) is 5.82 Å². The van der Waals surface area contributed by atoms with E-state index in [1.54, 1.807) is 16.9 Å². The number of carbonyl (C=O) groups excluding carboxylic acids is 1. The van der Waals surface area contributed by atoms with Crippen molar-refractivity contribution in [2.75, 3.05) is 31.3 Å². The number of rotatable bonds is 8. The molecule has 4 rings (SSSR count). The van der Waals surface area contributed by atoms with E-state index in [4.69, 9.17) is 9.47 Å². The first kappa shape index (κ1) is 20.3. The Hall–Kier alpha value is -3.01. The summed E-state index contributed by atoms with van der Waals surface area (Å²) < 4.78 is 13.1. The number of carbonyl (C=O) groups is 1. The first-order valence-corrected chi connectivity index (χ1v) is 11.1. The van der Waals surface area contributed by atoms with Gasteiger partial charge in [-0.15, -0.1) is 0 Å². The van der Waals surface area contributed by atoms with Gasteiger partial charge in [0.2, 0.25) is 6.10 Å². The molecule has 10 heteroatoms. The Morgan fingerprint density at radius 2 is 2.10 bits per heavy atom. The molecule has 9 nitrogen and oxygen atoms in total. The van der Waals surface area contributed by atoms with Gasteiger partial charge in [0.05, 0.1) is 18.1 Å². The smallest absolute Gasteiger partial charge is 0.264 e. The van der Waals surface area contributed by atoms with E-state index >= 15 is 0 Å². The van der Waals surface area contributed by atoms with E-state index in [1.165, 1.54) is 11.8 Å². The summed E-state index contributed by atoms with van der Waals surface area (Å²) in [6.07, 6.45) is 4.02. The maximum atomic E-state index is 12.5. The summed E-state index contributed by atoms with van der Waals surface area (Å²) in [6, 6.07) is 7.32. The zero-order chi connectivity index (χ0) is 20.9. The van der Waals surface area contributed by atoms with Crippen molar-refractivity contribution in [3.05, 3.63) is 30.5 Å². The Morgan fingerprint density at radius 1 is 1.27 bits per heavy atom. The molecule has 1 unspecified atom stereocenters. The summed E-state index contributed by atoms with van der Waals surface area (Å²) in [5.41, 5.74) is 0.744. The van der Waals surface area contributed by atoms with Gasteiger partial charge in [-0.2, -0.15) is 5.10 Å². The number of nitrogens with one attached hydrogen (secondary N) is 2. The number of para-hydroxylation sites is 2. The lowest BCUT2D eigenvalue weighted by Gasteiger charge is -2.25. The minimum Gasteiger partial charge on any atom is -0.485 e. The van der Waals surface area contributed by atoms with E-state index < -0.39 is 6.10 Å². The molecule has 0 radical (unpaired) electrons. The van der Waals surface area contributed by atoms with Crippen LogP contribution >= 0.6 is 11.8 Å². The van der Waals surface area contributed by atoms with Crippen molar-refractivity contribution >= 4 is 34.5 Å². The normalized spacial score (nSPS) is 15.2. The average Bonchev–Trinajstić information content (AvgIpc) is 3.19. The molecule has 1 aromatic carbocycles. The zero-order valence-electron chi connectivity index (χ0n) is 16.9. The lowest BCUT2D eigenvalue weighted by Crippen LogP contribution is -2.44. The van der Waals surface area contributed by atoms with E-state index in [-0.39, 0.29) is 12.5 Å². The van der Waals surface area contributed by atoms with Crippen LogP contribution in [-0.4, -0.2) is 57.7 Å². The number of anilines is 1. The molecule has 0 bridgehead atoms. The Kier molecular flexibility index (Phi) is 6.22. The number of thioether (sulfide) groups is 1. The summed E-state index contributed by atoms with van der Waals surface area (Å²) in [7, 11) is 0. The maximum absolute atomic E-state index is 12.5. The van der Waals surface area contributed by atoms with E-state index in [1.807, 2.05) is 24.5 Å². The van der Waals surface area contributed by atoms with E-state index in [2.05, 4.69) is 32.6 Å². The van der Waals surface area contributed by atoms with Crippen LogP contribution in [0.1, 0.15) is 13.3 Å². The molecular formula is C20H24N6O3S. The third-order valence-corrected chi connectivity index (χ3v) is 5.17. The fourth-order valence-electron chi connectivity index (χ4n) is 3.12. The van der Waals surface area contributed by atoms with E-state index in [0.29, 0.717) is 29.7 Å². The van der Waals surface area contributed by atoms with Crippen LogP contribution in [-0.2, 0) is 11.3 Å². The second kappa shape index (κ2) is 9.21. The van der Waals surface area contributed by atoms with Crippen LogP contribution in [0.2, 0.25) is 0 Å². The number of amides is 1. The molecule has 3 heterocycles. The highest BCUT2D eigenvalue weighted by Gasteiger charge is 2.27. The summed E-state index contributed by atoms with van der Waals surface area (Å²) >= 11 is 1.48. The number of ether oxygens (including phenoxy) is 2. The fourth-order valence-corrected chi connectivity index (χ4v) is 3.48. The zero-order valence-corrected chi connectivity index (χ0v) is 17.7. The molecule has 3 aromatic rings. The molecule has 1 aliphatic heterocycles. The van der Waals surface area contributed by atoms with Crippen LogP contribution in [0.15, 0.2) is 35.6 Å². The SMILES string of the molecule is CCCNc1nc(SC)nc2c1cnn2CCNC(=O)C1COc2ccccc2O1. The summed E-state index contributed by atoms with van der Waals surface area (Å²) in [4.78, 5) is 21.6. The standard InChI is InChI=1S/C20H24N6O3S/c1-3-8-21-17-13-11-23-26(18(13)25-20(24-17)30-2)10-9-22-19(27)16-12-28-14-6-4-5-7-15(14)29-16/h4-7,11,16H,3,8-10,12H2,1-2H3,(H,22,27)(H,21,24,25). The lowest BCUT2D eigenvalue weighted by molar-refractivity contribution is -0.130. The second-order valence-corrected chi connectivity index (χ2v) is 7.52. The topological polar surface area (TPSA) is 103 Å². The molecule has 1 atom stereocenters. The summed E-state index contributed by atoms with van der Waals surface area (Å²) in [5, 5.41) is 12.2. The van der Waals surface area contributed by atoms with Gasteiger partial charge in [0.15, 0.2) is 22.3 Å². The number of benzene rings is 1. The molecule has 2 N–H and O–H groups in total. The van der Waals surface area contributed by atoms with Crippen molar-refractivity contribution in [1.82, 2.24) is 25.1 Å². The predicted molar refractivity (Wildman–Crippen MR) is 115 cm³/mol. The number of nitrogens with zero attached hydrogens (tertiary/aromatic N) is 4. The maximum Gasteiger partial charge on any atom is 0.264 e. The number of hydrogen-bond acceptors (Lipinski definition) is 8. The van der Waals surface area contributed by atoms with Gasteiger partial charge in [-0.1, -0.05) is 30.8 Å². The van der Waals surface area contributed by atoms with Crippen molar-refractivity contribution in [3.63, 3.8) is 0 Å². The van der Waals surface area contributed by atoms with Gasteiger partial charge in [0.25, 0.3) is 5.91 Å². The minimum absolute atomic E-state index is 0.185. The van der Waals surface area contributed by atoms with Crippen LogP contribution in [0, 0.1) is 0 Å². The highest BCUT2D eigenvalue weighted by Crippen LogP contribution is 2.30. The molecule has 0 aliphatic carbocycles. The molecule has 0 saturated carbocycles. The monoisotopic (exact) mass is 428 g/mol. The van der Waals surface area contributed by atoms with Crippen LogP contribution < -0.4 is 20.1 Å². The van der Waals surface area contributed by atoms with E-state index in [9.17, 15) is 4.79 Å². The van der Waals surface area contributed by atoms with Gasteiger partial charge in [0.1, 0.15) is 12.4 Å². The van der Waals surface area contributed by atoms with Crippen LogP contribution in [0.25, 0.3) is 11.0 Å². The van der Waals surface area contributed by atoms with Gasteiger partial charge in [-0.25, -0.2) is 14.6 Å². The second-order valence-electron chi connectivity index (χ2n) is 6.75. The van der Waals surface area contributed by atoms with E-state index in [0.717, 1.165) is 29.8 Å². The quantitative estimate of drug-likeness (QED) is 0.416. The molecular weight excluding hydrogens is 404 g/mol. The van der Waals surface area contributed by atoms with Crippen molar-refractivity contribution in [2.24, 2.45) is 0 Å². The molecule has 0 fully saturated rings. The molecule has 2 aromatic heterocycles. The van der Waals surface area contributed by atoms with Crippen molar-refractivity contribution in [1.29, 1.82) is 0 Å². The van der Waals surface area contributed by atoms with Gasteiger partial charge in [-0.05, 0) is 24.8 Å². The third kappa shape index (κ3) is 4.28. The van der Waals surface area contributed by atoms with Gasteiger partial charge in [-0.3, -0.25) is 4.79 Å². The number of fused-ring (bicyclic) bond motifs is 2. The van der Waals surface area contributed by atoms with Crippen molar-refractivity contribution in [2.45, 2.75) is 31.1 Å². The summed E-state index contributed by atoms with van der Waals surface area (Å²) in [6.45, 7) is 4.00. The molecule has 1 amide bonds. The number of hydrogen-bond donors (Lipinski definition) is 2. The summed E-state index contributed by atoms with van der Waals surface area (Å²) in [5.74, 6) is 1.80. The first-order chi connectivity index (χ1) is 14.7. The molecule has 1 aliphatic rings. The Labute approximate surface area is 178 Å². The van der Waals surface area contributed by atoms with Crippen molar-refractivity contribution in [3.8, 4) is 11.5 Å². The van der Waals surface area contributed by atoms with Crippen molar-refractivity contribution < 1.29 is 14.3 Å². The lowest BCUT2D eigenvalue weighted by atomic mass is 10.2. The first-order valence-electron chi connectivity index (χ1n) is 9.87. The fraction of sp³-hybridized carbons (Fsp3) is 0.400. The Bertz CT molecular complexity index is 1040. The van der Waals surface area contributed by atoms with Crippen LogP contribution in [0.5, 0.6) is 11.5 Å². The average molecular weight is 429 g/mol. The van der Waals surface area contributed by atoms with Gasteiger partial charge in [0, 0.05) is 13.1 Å².